The van der Waals surface area contributed by atoms with Crippen molar-refractivity contribution in [2.45, 2.75) is 26.8 Å². The minimum absolute atomic E-state index is 0.661. The van der Waals surface area contributed by atoms with Crippen LogP contribution in [0.1, 0.15) is 30.5 Å². The van der Waals surface area contributed by atoms with Gasteiger partial charge in [-0.2, -0.15) is 0 Å². The van der Waals surface area contributed by atoms with Gasteiger partial charge in [-0.05, 0) is 53.8 Å². The largest absolute Gasteiger partial charge is 0.398 e. The van der Waals surface area contributed by atoms with E-state index in [1.165, 1.54) is 22.3 Å². The summed E-state index contributed by atoms with van der Waals surface area (Å²) in [5, 5.41) is 3.04. The van der Waals surface area contributed by atoms with E-state index >= 15 is 0 Å². The molecule has 0 fully saturated rings. The fraction of sp³-hybridized carbons (Fsp3) is 0.333. The van der Waals surface area contributed by atoms with Gasteiger partial charge in [0.05, 0.1) is 5.82 Å². The number of hydrogen-bond donors (Lipinski definition) is 3. The quantitative estimate of drug-likeness (QED) is 0.750. The number of fused-ring (bicyclic) bond motifs is 1. The number of benzene rings is 2. The van der Waals surface area contributed by atoms with Gasteiger partial charge in [0.2, 0.25) is 0 Å². The van der Waals surface area contributed by atoms with Crippen LogP contribution in [-0.4, -0.2) is 25.0 Å². The molecule has 4 nitrogen and oxygen atoms in total. The lowest BCUT2D eigenvalue weighted by atomic mass is 9.85. The number of rotatable bonds is 4. The van der Waals surface area contributed by atoms with Crippen LogP contribution in [0.5, 0.6) is 0 Å². The van der Waals surface area contributed by atoms with E-state index < -0.39 is 0 Å². The molecule has 132 valence electrons. The highest BCUT2D eigenvalue weighted by Gasteiger charge is 2.24. The molecular formula is C21H28N4. The molecule has 0 unspecified atom stereocenters. The van der Waals surface area contributed by atoms with Gasteiger partial charge in [-0.25, -0.2) is 0 Å². The first-order valence-electron chi connectivity index (χ1n) is 8.93. The molecule has 5 N–H and O–H groups in total. The molecule has 1 aliphatic heterocycles. The number of hydrogen-bond acceptors (Lipinski definition) is 4. The number of nitrogens with two attached hydrogens (primary N) is 2. The van der Waals surface area contributed by atoms with Gasteiger partial charge in [-0.1, -0.05) is 37.3 Å². The summed E-state index contributed by atoms with van der Waals surface area (Å²) in [4.78, 5) is 2.44. The number of nitrogens with one attached hydrogen (secondary N) is 1. The molecule has 0 saturated heterocycles. The third kappa shape index (κ3) is 3.22. The highest BCUT2D eigenvalue weighted by molar-refractivity contribution is 5.84. The number of allylic oxidation sites excluding steroid dienone is 1. The molecule has 1 aliphatic rings. The smallest absolute Gasteiger partial charge is 0.0994 e. The van der Waals surface area contributed by atoms with Crippen molar-refractivity contribution in [1.82, 2.24) is 10.2 Å². The van der Waals surface area contributed by atoms with Crippen molar-refractivity contribution in [2.75, 3.05) is 25.9 Å². The Morgan fingerprint density at radius 2 is 1.92 bits per heavy atom. The molecule has 0 atom stereocenters. The molecule has 1 heterocycles. The van der Waals surface area contributed by atoms with Crippen molar-refractivity contribution in [3.05, 3.63) is 58.9 Å². The molecule has 25 heavy (non-hydrogen) atoms. The molecule has 4 heteroatoms. The number of anilines is 1. The van der Waals surface area contributed by atoms with Crippen molar-refractivity contribution in [1.29, 1.82) is 0 Å². The van der Waals surface area contributed by atoms with E-state index in [4.69, 9.17) is 11.5 Å². The van der Waals surface area contributed by atoms with Gasteiger partial charge >= 0.3 is 0 Å². The zero-order valence-electron chi connectivity index (χ0n) is 15.4. The monoisotopic (exact) mass is 336 g/mol. The lowest BCUT2D eigenvalue weighted by Gasteiger charge is -2.31. The van der Waals surface area contributed by atoms with Crippen LogP contribution < -0.4 is 16.8 Å². The second-order valence-electron chi connectivity index (χ2n) is 6.62. The van der Waals surface area contributed by atoms with E-state index in [-0.39, 0.29) is 0 Å². The highest BCUT2D eigenvalue weighted by atomic mass is 15.1. The Bertz CT molecular complexity index is 793. The summed E-state index contributed by atoms with van der Waals surface area (Å²) in [6, 6.07) is 12.8. The highest BCUT2D eigenvalue weighted by Crippen LogP contribution is 2.38. The lowest BCUT2D eigenvalue weighted by molar-refractivity contribution is 0.269. The zero-order chi connectivity index (χ0) is 18.0. The summed E-state index contributed by atoms with van der Waals surface area (Å²) < 4.78 is 0. The Kier molecular flexibility index (Phi) is 5.00. The van der Waals surface area contributed by atoms with Gasteiger partial charge in [0, 0.05) is 31.4 Å². The van der Waals surface area contributed by atoms with Gasteiger partial charge < -0.3 is 16.8 Å². The average Bonchev–Trinajstić information content (AvgIpc) is 2.67. The van der Waals surface area contributed by atoms with Crippen LogP contribution in [0.3, 0.4) is 0 Å². The van der Waals surface area contributed by atoms with E-state index in [0.717, 1.165) is 42.9 Å². The second-order valence-corrected chi connectivity index (χ2v) is 6.62. The SMILES string of the molecule is CCN1CCc2c(-c3ccccc3)cc(/C(C)=C(\N)NC)c(N)c2C1. The average molecular weight is 336 g/mol. The third-order valence-electron chi connectivity index (χ3n) is 5.26. The first kappa shape index (κ1) is 17.4. The lowest BCUT2D eigenvalue weighted by Crippen LogP contribution is -2.31. The number of nitrogens with zero attached hydrogens (tertiary/aromatic N) is 1. The van der Waals surface area contributed by atoms with Crippen molar-refractivity contribution in [2.24, 2.45) is 5.73 Å². The molecule has 3 rings (SSSR count). The number of likely N-dealkylation sites (N-methyl/N-ethyl adjacent to an activating group) is 1. The molecular weight excluding hydrogens is 308 g/mol. The molecule has 2 aromatic rings. The van der Waals surface area contributed by atoms with Gasteiger partial charge in [0.25, 0.3) is 0 Å². The van der Waals surface area contributed by atoms with E-state index in [0.29, 0.717) is 5.82 Å². The minimum Gasteiger partial charge on any atom is -0.398 e. The maximum Gasteiger partial charge on any atom is 0.0994 e. The Labute approximate surface area is 150 Å². The Balaban J connectivity index is 2.25. The van der Waals surface area contributed by atoms with Gasteiger partial charge in [0.15, 0.2) is 0 Å². The standard InChI is InChI=1S/C21H28N4/c1-4-25-11-10-16-18(15-8-6-5-7-9-15)12-17(14(2)21(23)24-3)20(22)19(16)13-25/h5-9,12,24H,4,10-11,13,22-23H2,1-3H3/b21-14+. The van der Waals surface area contributed by atoms with Crippen LogP contribution in [0.4, 0.5) is 5.69 Å². The van der Waals surface area contributed by atoms with Crippen LogP contribution in [-0.2, 0) is 13.0 Å². The van der Waals surface area contributed by atoms with E-state index in [1.54, 1.807) is 0 Å². The van der Waals surface area contributed by atoms with Crippen molar-refractivity contribution in [3.63, 3.8) is 0 Å². The van der Waals surface area contributed by atoms with Gasteiger partial charge in [-0.15, -0.1) is 0 Å². The van der Waals surface area contributed by atoms with E-state index in [2.05, 4.69) is 53.5 Å². The van der Waals surface area contributed by atoms with Crippen LogP contribution in [0.2, 0.25) is 0 Å². The predicted molar refractivity (Wildman–Crippen MR) is 107 cm³/mol. The molecule has 0 aromatic heterocycles. The Morgan fingerprint density at radius 3 is 2.56 bits per heavy atom. The van der Waals surface area contributed by atoms with E-state index in [1.807, 2.05) is 14.0 Å². The van der Waals surface area contributed by atoms with Gasteiger partial charge in [-0.3, -0.25) is 4.90 Å². The minimum atomic E-state index is 0.661. The van der Waals surface area contributed by atoms with Crippen LogP contribution in [0.25, 0.3) is 16.7 Å². The van der Waals surface area contributed by atoms with E-state index in [9.17, 15) is 0 Å². The van der Waals surface area contributed by atoms with Gasteiger partial charge in [0.1, 0.15) is 0 Å². The second kappa shape index (κ2) is 7.19. The first-order chi connectivity index (χ1) is 12.1. The maximum absolute atomic E-state index is 6.62. The summed E-state index contributed by atoms with van der Waals surface area (Å²) in [7, 11) is 1.84. The fourth-order valence-corrected chi connectivity index (χ4v) is 3.62. The summed E-state index contributed by atoms with van der Waals surface area (Å²) in [5.74, 6) is 0.661. The van der Waals surface area contributed by atoms with Crippen molar-refractivity contribution < 1.29 is 0 Å². The van der Waals surface area contributed by atoms with Crippen LogP contribution in [0.15, 0.2) is 42.2 Å². The van der Waals surface area contributed by atoms with Crippen LogP contribution in [0, 0.1) is 0 Å². The summed E-state index contributed by atoms with van der Waals surface area (Å²) in [6.07, 6.45) is 1.03. The molecule has 0 saturated carbocycles. The topological polar surface area (TPSA) is 67.3 Å². The van der Waals surface area contributed by atoms with Crippen molar-refractivity contribution in [3.8, 4) is 11.1 Å². The molecule has 0 spiro atoms. The predicted octanol–water partition coefficient (Wildman–Crippen LogP) is 3.18. The zero-order valence-corrected chi connectivity index (χ0v) is 15.4. The maximum atomic E-state index is 6.62. The third-order valence-corrected chi connectivity index (χ3v) is 5.26. The first-order valence-corrected chi connectivity index (χ1v) is 8.93. The molecule has 0 bridgehead atoms. The molecule has 2 aromatic carbocycles. The molecule has 0 amide bonds. The fourth-order valence-electron chi connectivity index (χ4n) is 3.62. The van der Waals surface area contributed by atoms with Crippen LogP contribution >= 0.6 is 0 Å². The number of nitrogen functional groups attached to an aromatic ring is 1. The molecule has 0 radical (unpaired) electrons. The van der Waals surface area contributed by atoms with Crippen molar-refractivity contribution >= 4 is 11.3 Å². The molecule has 0 aliphatic carbocycles. The Morgan fingerprint density at radius 1 is 1.20 bits per heavy atom. The summed E-state index contributed by atoms with van der Waals surface area (Å²) >= 11 is 0. The summed E-state index contributed by atoms with van der Waals surface area (Å²) in [6.45, 7) is 7.25. The normalized spacial score (nSPS) is 15.5. The Hall–Kier alpha value is -2.46. The summed E-state index contributed by atoms with van der Waals surface area (Å²) in [5.41, 5.74) is 20.8.